The van der Waals surface area contributed by atoms with Crippen LogP contribution in [0, 0.1) is 0 Å². The van der Waals surface area contributed by atoms with E-state index in [0.717, 1.165) is 0 Å². The molecule has 0 saturated carbocycles. The molecule has 0 heterocycles. The largest absolute Gasteiger partial charge is 0.480 e. The molecule has 0 radical (unpaired) electrons. The molecular weight excluding hydrogens is 362 g/mol. The second-order valence-corrected chi connectivity index (χ2v) is 5.98. The normalized spacial score (nSPS) is 15.1. The Morgan fingerprint density at radius 2 is 1.70 bits per heavy atom. The van der Waals surface area contributed by atoms with Gasteiger partial charge in [-0.15, -0.1) is 0 Å². The topological polar surface area (TPSA) is 217 Å². The van der Waals surface area contributed by atoms with E-state index >= 15 is 0 Å². The van der Waals surface area contributed by atoms with Crippen molar-refractivity contribution in [2.75, 3.05) is 19.7 Å². The molecule has 0 fully saturated rings. The summed E-state index contributed by atoms with van der Waals surface area (Å²) in [5, 5.41) is 34.3. The lowest BCUT2D eigenvalue weighted by Crippen LogP contribution is -2.57. The van der Waals surface area contributed by atoms with Crippen molar-refractivity contribution in [1.29, 1.82) is 0 Å². The Morgan fingerprint density at radius 3 is 2.19 bits per heavy atom. The Bertz CT molecular complexity index is 515. The van der Waals surface area contributed by atoms with Gasteiger partial charge in [0.1, 0.15) is 18.1 Å². The summed E-state index contributed by atoms with van der Waals surface area (Å²) >= 11 is 0. The van der Waals surface area contributed by atoms with Gasteiger partial charge in [-0.3, -0.25) is 14.4 Å². The highest BCUT2D eigenvalue weighted by atomic mass is 16.4. The van der Waals surface area contributed by atoms with Crippen LogP contribution in [0.15, 0.2) is 0 Å². The predicted octanol–water partition coefficient (Wildman–Crippen LogP) is -4.01. The van der Waals surface area contributed by atoms with Crippen LogP contribution in [0.25, 0.3) is 0 Å². The fourth-order valence-corrected chi connectivity index (χ4v) is 2.02. The van der Waals surface area contributed by atoms with Crippen LogP contribution in [0.3, 0.4) is 0 Å². The number of aliphatic hydroxyl groups excluding tert-OH is 2. The fraction of sp³-hybridized carbons (Fsp3) is 0.733. The molecular formula is C15H29N5O7. The lowest BCUT2D eigenvalue weighted by atomic mass is 10.1. The summed E-state index contributed by atoms with van der Waals surface area (Å²) in [6.07, 6.45) is -0.0982. The van der Waals surface area contributed by atoms with E-state index in [1.807, 2.05) is 0 Å². The standard InChI is InChI=1S/C15H29N5O7/c1-8(22)12(20-11(23)6-18-13(24)9(17)7-21)14(25)19-10(15(26)27)4-2-3-5-16/h8-10,12,21-22H,2-7,16-17H2,1H3,(H,18,24)(H,19,25)(H,20,23)(H,26,27). The lowest BCUT2D eigenvalue weighted by molar-refractivity contribution is -0.143. The van der Waals surface area contributed by atoms with Crippen molar-refractivity contribution in [2.45, 2.75) is 50.4 Å². The Labute approximate surface area is 156 Å². The summed E-state index contributed by atoms with van der Waals surface area (Å²) in [7, 11) is 0. The van der Waals surface area contributed by atoms with E-state index < -0.39 is 61.1 Å². The highest BCUT2D eigenvalue weighted by molar-refractivity contribution is 5.92. The summed E-state index contributed by atoms with van der Waals surface area (Å²) in [4.78, 5) is 46.7. The second-order valence-electron chi connectivity index (χ2n) is 5.98. The van der Waals surface area contributed by atoms with E-state index in [4.69, 9.17) is 21.7 Å². The van der Waals surface area contributed by atoms with Gasteiger partial charge in [0.05, 0.1) is 19.3 Å². The van der Waals surface area contributed by atoms with Gasteiger partial charge in [-0.2, -0.15) is 0 Å². The van der Waals surface area contributed by atoms with Gasteiger partial charge >= 0.3 is 5.97 Å². The zero-order chi connectivity index (χ0) is 21.0. The average molecular weight is 391 g/mol. The SMILES string of the molecule is CC(O)C(NC(=O)CNC(=O)C(N)CO)C(=O)NC(CCCCN)C(=O)O. The number of carboxylic acids is 1. The van der Waals surface area contributed by atoms with Crippen molar-refractivity contribution >= 4 is 23.7 Å². The van der Waals surface area contributed by atoms with Gasteiger partial charge in [0.2, 0.25) is 17.7 Å². The first-order valence-electron chi connectivity index (χ1n) is 8.48. The number of hydrogen-bond acceptors (Lipinski definition) is 8. The van der Waals surface area contributed by atoms with Crippen molar-refractivity contribution in [3.05, 3.63) is 0 Å². The number of unbranched alkanes of at least 4 members (excludes halogenated alkanes) is 1. The number of nitrogens with one attached hydrogen (secondary N) is 3. The molecule has 0 aliphatic heterocycles. The highest BCUT2D eigenvalue weighted by Crippen LogP contribution is 2.03. The number of amides is 3. The summed E-state index contributed by atoms with van der Waals surface area (Å²) < 4.78 is 0. The lowest BCUT2D eigenvalue weighted by Gasteiger charge is -2.23. The molecule has 4 unspecified atom stereocenters. The minimum absolute atomic E-state index is 0.147. The Kier molecular flexibility index (Phi) is 11.9. The molecule has 0 aliphatic carbocycles. The maximum Gasteiger partial charge on any atom is 0.326 e. The van der Waals surface area contributed by atoms with Crippen LogP contribution >= 0.6 is 0 Å². The van der Waals surface area contributed by atoms with Crippen molar-refractivity contribution in [3.63, 3.8) is 0 Å². The number of rotatable bonds is 13. The molecule has 0 bridgehead atoms. The molecule has 156 valence electrons. The van der Waals surface area contributed by atoms with Crippen LogP contribution in [0.2, 0.25) is 0 Å². The monoisotopic (exact) mass is 391 g/mol. The highest BCUT2D eigenvalue weighted by Gasteiger charge is 2.29. The van der Waals surface area contributed by atoms with Crippen LogP contribution in [0.1, 0.15) is 26.2 Å². The zero-order valence-corrected chi connectivity index (χ0v) is 15.2. The van der Waals surface area contributed by atoms with E-state index in [9.17, 15) is 24.3 Å². The van der Waals surface area contributed by atoms with Crippen molar-refractivity contribution in [1.82, 2.24) is 16.0 Å². The Hall–Kier alpha value is -2.28. The number of aliphatic carboxylic acids is 1. The minimum atomic E-state index is -1.42. The Morgan fingerprint density at radius 1 is 1.07 bits per heavy atom. The molecule has 12 nitrogen and oxygen atoms in total. The van der Waals surface area contributed by atoms with Gasteiger partial charge in [0.15, 0.2) is 0 Å². The van der Waals surface area contributed by atoms with Crippen LogP contribution in [0.4, 0.5) is 0 Å². The van der Waals surface area contributed by atoms with Crippen LogP contribution in [-0.2, 0) is 19.2 Å². The Balaban J connectivity index is 4.75. The smallest absolute Gasteiger partial charge is 0.326 e. The first kappa shape index (κ1) is 24.7. The van der Waals surface area contributed by atoms with Gasteiger partial charge in [-0.05, 0) is 32.7 Å². The molecule has 0 rings (SSSR count). The van der Waals surface area contributed by atoms with Crippen LogP contribution < -0.4 is 27.4 Å². The van der Waals surface area contributed by atoms with Crippen molar-refractivity contribution in [3.8, 4) is 0 Å². The molecule has 0 spiro atoms. The van der Waals surface area contributed by atoms with E-state index in [1.165, 1.54) is 6.92 Å². The first-order valence-corrected chi connectivity index (χ1v) is 8.48. The predicted molar refractivity (Wildman–Crippen MR) is 94.2 cm³/mol. The summed E-state index contributed by atoms with van der Waals surface area (Å²) in [6.45, 7) is 0.488. The quantitative estimate of drug-likeness (QED) is 0.143. The molecule has 12 heteroatoms. The van der Waals surface area contributed by atoms with Gasteiger partial charge in [0, 0.05) is 0 Å². The van der Waals surface area contributed by atoms with E-state index in [0.29, 0.717) is 19.4 Å². The summed E-state index contributed by atoms with van der Waals surface area (Å²) in [6, 6.07) is -3.81. The van der Waals surface area contributed by atoms with Crippen LogP contribution in [0.5, 0.6) is 0 Å². The van der Waals surface area contributed by atoms with Gasteiger partial charge < -0.3 is 42.7 Å². The molecule has 0 aromatic carbocycles. The number of nitrogens with two attached hydrogens (primary N) is 2. The molecule has 0 aromatic rings. The molecule has 0 aromatic heterocycles. The molecule has 3 amide bonds. The molecule has 27 heavy (non-hydrogen) atoms. The van der Waals surface area contributed by atoms with Gasteiger partial charge in [-0.25, -0.2) is 4.79 Å². The molecule has 10 N–H and O–H groups in total. The maximum atomic E-state index is 12.2. The van der Waals surface area contributed by atoms with E-state index in [1.54, 1.807) is 0 Å². The minimum Gasteiger partial charge on any atom is -0.480 e. The molecule has 4 atom stereocenters. The van der Waals surface area contributed by atoms with E-state index in [-0.39, 0.29) is 6.42 Å². The zero-order valence-electron chi connectivity index (χ0n) is 15.2. The van der Waals surface area contributed by atoms with Crippen molar-refractivity contribution < 1.29 is 34.5 Å². The fourth-order valence-electron chi connectivity index (χ4n) is 2.02. The van der Waals surface area contributed by atoms with Gasteiger partial charge in [-0.1, -0.05) is 0 Å². The number of carboxylic acid groups (broad SMARTS) is 1. The summed E-state index contributed by atoms with van der Waals surface area (Å²) in [5.41, 5.74) is 10.6. The molecule has 0 aliphatic rings. The van der Waals surface area contributed by atoms with Crippen molar-refractivity contribution in [2.24, 2.45) is 11.5 Å². The average Bonchev–Trinajstić information content (AvgIpc) is 2.61. The number of carbonyl (C=O) groups is 4. The third-order valence-corrected chi connectivity index (χ3v) is 3.60. The second kappa shape index (κ2) is 13.0. The number of carbonyl (C=O) groups excluding carboxylic acids is 3. The van der Waals surface area contributed by atoms with Gasteiger partial charge in [0.25, 0.3) is 0 Å². The number of aliphatic hydroxyl groups is 2. The third kappa shape index (κ3) is 9.84. The third-order valence-electron chi connectivity index (χ3n) is 3.60. The van der Waals surface area contributed by atoms with Crippen LogP contribution in [-0.4, -0.2) is 82.9 Å². The summed E-state index contributed by atoms with van der Waals surface area (Å²) in [5.74, 6) is -3.70. The first-order chi connectivity index (χ1) is 12.6. The number of hydrogen-bond donors (Lipinski definition) is 8. The maximum absolute atomic E-state index is 12.2. The molecule has 0 saturated heterocycles. The van der Waals surface area contributed by atoms with E-state index in [2.05, 4.69) is 16.0 Å².